The summed E-state index contributed by atoms with van der Waals surface area (Å²) >= 11 is 0. The van der Waals surface area contributed by atoms with E-state index in [0.717, 1.165) is 34.9 Å². The quantitative estimate of drug-likeness (QED) is 0.478. The summed E-state index contributed by atoms with van der Waals surface area (Å²) in [6.45, 7) is 6.34. The van der Waals surface area contributed by atoms with Crippen molar-refractivity contribution < 1.29 is 14.3 Å². The first kappa shape index (κ1) is 18.7. The first-order chi connectivity index (χ1) is 13.0. The van der Waals surface area contributed by atoms with Crippen molar-refractivity contribution in [3.63, 3.8) is 0 Å². The molecule has 2 N–H and O–H groups in total. The molecule has 1 amide bonds. The lowest BCUT2D eigenvalue weighted by molar-refractivity contribution is 0.0501. The molecule has 0 radical (unpaired) electrons. The number of para-hydroxylation sites is 1. The Bertz CT molecular complexity index is 988. The highest BCUT2D eigenvalue weighted by atomic mass is 16.5. The standard InChI is InChI=1S/C22H24N2O3/c1-4-5-12-27-22(26)16-8-6-7-9-18(16)24-21(25)20-15(3)17-13-14(2)10-11-19(17)23-20/h6-11,13,23H,4-5,12H2,1-3H3,(H,24,25). The van der Waals surface area contributed by atoms with Crippen LogP contribution in [0.4, 0.5) is 5.69 Å². The van der Waals surface area contributed by atoms with E-state index in [1.807, 2.05) is 32.9 Å². The van der Waals surface area contributed by atoms with Crippen LogP contribution in [0, 0.1) is 13.8 Å². The predicted octanol–water partition coefficient (Wildman–Crippen LogP) is 4.99. The second-order valence-corrected chi connectivity index (χ2v) is 6.66. The smallest absolute Gasteiger partial charge is 0.340 e. The zero-order chi connectivity index (χ0) is 19.4. The van der Waals surface area contributed by atoms with Crippen molar-refractivity contribution in [2.24, 2.45) is 0 Å². The Kier molecular flexibility index (Phi) is 5.60. The van der Waals surface area contributed by atoms with Crippen molar-refractivity contribution in [3.05, 3.63) is 64.8 Å². The van der Waals surface area contributed by atoms with Gasteiger partial charge in [0.2, 0.25) is 0 Å². The number of nitrogens with one attached hydrogen (secondary N) is 2. The fourth-order valence-corrected chi connectivity index (χ4v) is 3.01. The maximum absolute atomic E-state index is 12.8. The van der Waals surface area contributed by atoms with Gasteiger partial charge in [-0.1, -0.05) is 37.1 Å². The number of esters is 1. The van der Waals surface area contributed by atoms with Crippen LogP contribution in [-0.4, -0.2) is 23.5 Å². The fourth-order valence-electron chi connectivity index (χ4n) is 3.01. The maximum Gasteiger partial charge on any atom is 0.340 e. The Morgan fingerprint density at radius 2 is 1.89 bits per heavy atom. The van der Waals surface area contributed by atoms with Crippen LogP contribution < -0.4 is 5.32 Å². The van der Waals surface area contributed by atoms with Crippen molar-refractivity contribution in [1.29, 1.82) is 0 Å². The molecule has 0 fully saturated rings. The van der Waals surface area contributed by atoms with Gasteiger partial charge in [-0.3, -0.25) is 4.79 Å². The number of hydrogen-bond donors (Lipinski definition) is 2. The molecule has 2 aromatic carbocycles. The molecule has 0 spiro atoms. The van der Waals surface area contributed by atoms with Crippen LogP contribution in [-0.2, 0) is 4.74 Å². The number of hydrogen-bond acceptors (Lipinski definition) is 3. The number of carbonyl (C=O) groups is 2. The maximum atomic E-state index is 12.8. The molecule has 3 aromatic rings. The minimum absolute atomic E-state index is 0.282. The van der Waals surface area contributed by atoms with Crippen molar-refractivity contribution >= 4 is 28.5 Å². The van der Waals surface area contributed by atoms with Gasteiger partial charge in [-0.25, -0.2) is 4.79 Å². The van der Waals surface area contributed by atoms with E-state index in [0.29, 0.717) is 23.6 Å². The minimum Gasteiger partial charge on any atom is -0.462 e. The van der Waals surface area contributed by atoms with Crippen LogP contribution >= 0.6 is 0 Å². The van der Waals surface area contributed by atoms with E-state index in [1.165, 1.54) is 0 Å². The Hall–Kier alpha value is -3.08. The van der Waals surface area contributed by atoms with E-state index in [4.69, 9.17) is 4.74 Å². The summed E-state index contributed by atoms with van der Waals surface area (Å²) in [5.41, 5.74) is 4.22. The molecule has 0 aliphatic carbocycles. The molecule has 27 heavy (non-hydrogen) atoms. The molecule has 5 nitrogen and oxygen atoms in total. The molecule has 0 aliphatic heterocycles. The van der Waals surface area contributed by atoms with Crippen molar-refractivity contribution in [2.45, 2.75) is 33.6 Å². The largest absolute Gasteiger partial charge is 0.462 e. The molecular formula is C22H24N2O3. The van der Waals surface area contributed by atoms with E-state index in [9.17, 15) is 9.59 Å². The third-order valence-electron chi connectivity index (χ3n) is 4.57. The van der Waals surface area contributed by atoms with Gasteiger partial charge in [0.1, 0.15) is 5.69 Å². The molecule has 1 aromatic heterocycles. The number of ether oxygens (including phenoxy) is 1. The van der Waals surface area contributed by atoms with Gasteiger partial charge in [0.25, 0.3) is 5.91 Å². The van der Waals surface area contributed by atoms with Gasteiger partial charge in [0, 0.05) is 10.9 Å². The lowest BCUT2D eigenvalue weighted by Crippen LogP contribution is -2.17. The van der Waals surface area contributed by atoms with Gasteiger partial charge < -0.3 is 15.0 Å². The summed E-state index contributed by atoms with van der Waals surface area (Å²) in [5.74, 6) is -0.710. The first-order valence-electron chi connectivity index (χ1n) is 9.17. The van der Waals surface area contributed by atoms with E-state index in [-0.39, 0.29) is 5.91 Å². The third-order valence-corrected chi connectivity index (χ3v) is 4.57. The number of aromatic amines is 1. The van der Waals surface area contributed by atoms with Crippen LogP contribution in [0.25, 0.3) is 10.9 Å². The Morgan fingerprint density at radius 1 is 1.11 bits per heavy atom. The number of aryl methyl sites for hydroxylation is 2. The molecule has 1 heterocycles. The summed E-state index contributed by atoms with van der Waals surface area (Å²) in [5, 5.41) is 3.86. The van der Waals surface area contributed by atoms with Gasteiger partial charge in [0.15, 0.2) is 0 Å². The SMILES string of the molecule is CCCCOC(=O)c1ccccc1NC(=O)c1[nH]c2ccc(C)cc2c1C. The minimum atomic E-state index is -0.427. The lowest BCUT2D eigenvalue weighted by Gasteiger charge is -2.10. The fraction of sp³-hybridized carbons (Fsp3) is 0.273. The Balaban J connectivity index is 1.85. The van der Waals surface area contributed by atoms with E-state index in [1.54, 1.807) is 24.3 Å². The van der Waals surface area contributed by atoms with Crippen LogP contribution in [0.3, 0.4) is 0 Å². The highest BCUT2D eigenvalue weighted by Gasteiger charge is 2.18. The summed E-state index contributed by atoms with van der Waals surface area (Å²) < 4.78 is 5.28. The third kappa shape index (κ3) is 4.03. The number of fused-ring (bicyclic) bond motifs is 1. The average Bonchev–Trinajstić information content (AvgIpc) is 2.98. The van der Waals surface area contributed by atoms with Crippen LogP contribution in [0.5, 0.6) is 0 Å². The second kappa shape index (κ2) is 8.08. The normalized spacial score (nSPS) is 10.8. The Morgan fingerprint density at radius 3 is 2.67 bits per heavy atom. The highest BCUT2D eigenvalue weighted by molar-refractivity contribution is 6.10. The molecule has 0 bridgehead atoms. The summed E-state index contributed by atoms with van der Waals surface area (Å²) in [7, 11) is 0. The number of benzene rings is 2. The molecule has 0 saturated carbocycles. The van der Waals surface area contributed by atoms with Gasteiger partial charge in [-0.15, -0.1) is 0 Å². The van der Waals surface area contributed by atoms with E-state index >= 15 is 0 Å². The number of carbonyl (C=O) groups excluding carboxylic acids is 2. The van der Waals surface area contributed by atoms with Crippen LogP contribution in [0.15, 0.2) is 42.5 Å². The molecule has 140 valence electrons. The number of amides is 1. The monoisotopic (exact) mass is 364 g/mol. The number of rotatable bonds is 6. The number of anilines is 1. The molecular weight excluding hydrogens is 340 g/mol. The average molecular weight is 364 g/mol. The molecule has 0 saturated heterocycles. The molecule has 0 atom stereocenters. The molecule has 3 rings (SSSR count). The molecule has 0 unspecified atom stereocenters. The van der Waals surface area contributed by atoms with Crippen molar-refractivity contribution in [1.82, 2.24) is 4.98 Å². The lowest BCUT2D eigenvalue weighted by atomic mass is 10.1. The van der Waals surface area contributed by atoms with Crippen LogP contribution in [0.2, 0.25) is 0 Å². The van der Waals surface area contributed by atoms with Gasteiger partial charge in [-0.2, -0.15) is 0 Å². The summed E-state index contributed by atoms with van der Waals surface area (Å²) in [4.78, 5) is 28.3. The van der Waals surface area contributed by atoms with Crippen molar-refractivity contribution in [3.8, 4) is 0 Å². The summed E-state index contributed by atoms with van der Waals surface area (Å²) in [6.07, 6.45) is 1.76. The number of H-pyrrole nitrogens is 1. The van der Waals surface area contributed by atoms with Gasteiger partial charge in [0.05, 0.1) is 17.9 Å². The Labute approximate surface area is 158 Å². The van der Waals surface area contributed by atoms with Gasteiger partial charge in [-0.05, 0) is 50.1 Å². The van der Waals surface area contributed by atoms with Gasteiger partial charge >= 0.3 is 5.97 Å². The zero-order valence-corrected chi connectivity index (χ0v) is 15.9. The number of aromatic nitrogens is 1. The van der Waals surface area contributed by atoms with E-state index < -0.39 is 5.97 Å². The van der Waals surface area contributed by atoms with E-state index in [2.05, 4.69) is 16.4 Å². The topological polar surface area (TPSA) is 71.2 Å². The number of unbranched alkanes of at least 4 members (excludes halogenated alkanes) is 1. The predicted molar refractivity (Wildman–Crippen MR) is 107 cm³/mol. The molecule has 5 heteroatoms. The highest BCUT2D eigenvalue weighted by Crippen LogP contribution is 2.24. The first-order valence-corrected chi connectivity index (χ1v) is 9.17. The second-order valence-electron chi connectivity index (χ2n) is 6.66. The molecule has 0 aliphatic rings. The van der Waals surface area contributed by atoms with Crippen LogP contribution in [0.1, 0.15) is 51.7 Å². The van der Waals surface area contributed by atoms with Crippen molar-refractivity contribution in [2.75, 3.05) is 11.9 Å². The summed E-state index contributed by atoms with van der Waals surface area (Å²) in [6, 6.07) is 12.9. The zero-order valence-electron chi connectivity index (χ0n) is 15.9.